The van der Waals surface area contributed by atoms with E-state index in [1.807, 2.05) is 6.07 Å². The molecule has 0 aliphatic carbocycles. The van der Waals surface area contributed by atoms with Crippen molar-refractivity contribution in [3.05, 3.63) is 21.3 Å². The van der Waals surface area contributed by atoms with Crippen molar-refractivity contribution >= 4 is 28.7 Å². The Bertz CT molecular complexity index is 363. The highest BCUT2D eigenvalue weighted by molar-refractivity contribution is 7.16. The Morgan fingerprint density at radius 1 is 1.60 bits per heavy atom. The number of ketones is 1. The van der Waals surface area contributed by atoms with Gasteiger partial charge in [0.05, 0.1) is 4.34 Å². The van der Waals surface area contributed by atoms with Gasteiger partial charge < -0.3 is 0 Å². The summed E-state index contributed by atoms with van der Waals surface area (Å²) >= 11 is 7.51. The number of nitrogens with zero attached hydrogens (tertiary/aromatic N) is 1. The van der Waals surface area contributed by atoms with Gasteiger partial charge in [0.25, 0.3) is 0 Å². The molecule has 1 aromatic heterocycles. The molecular weight excluding hydrogens is 230 g/mol. The molecule has 2 nitrogen and oxygen atoms in total. The number of rotatable bonds is 2. The quantitative estimate of drug-likeness (QED) is 0.796. The summed E-state index contributed by atoms with van der Waals surface area (Å²) in [6.07, 6.45) is 1.39. The summed E-state index contributed by atoms with van der Waals surface area (Å²) in [6.45, 7) is 3.92. The van der Waals surface area contributed by atoms with Crippen LogP contribution >= 0.6 is 22.9 Å². The number of hydrogen-bond donors (Lipinski definition) is 0. The first kappa shape index (κ1) is 11.1. The molecule has 0 amide bonds. The molecule has 1 saturated heterocycles. The maximum atomic E-state index is 11.2. The number of carbonyl (C=O) groups is 1. The number of Topliss-reactive ketones (excluding diaryl/α,β-unsaturated/α-hetero) is 1. The molecule has 2 heterocycles. The van der Waals surface area contributed by atoms with E-state index in [0.717, 1.165) is 17.4 Å². The van der Waals surface area contributed by atoms with Crippen LogP contribution in [0.3, 0.4) is 0 Å². The molecule has 1 unspecified atom stereocenters. The SMILES string of the molecule is CC1CC(=O)CCN1Cc1ccc(Cl)s1. The standard InChI is InChI=1S/C11H14ClNOS/c1-8-6-9(14)4-5-13(8)7-10-2-3-11(12)15-10/h2-3,8H,4-7H2,1H3. The van der Waals surface area contributed by atoms with Gasteiger partial charge in [-0.2, -0.15) is 0 Å². The van der Waals surface area contributed by atoms with Crippen molar-refractivity contribution in [2.75, 3.05) is 6.54 Å². The van der Waals surface area contributed by atoms with Crippen LogP contribution in [0.4, 0.5) is 0 Å². The molecule has 1 aliphatic heterocycles. The van der Waals surface area contributed by atoms with E-state index in [4.69, 9.17) is 11.6 Å². The first-order valence-corrected chi connectivity index (χ1v) is 6.34. The van der Waals surface area contributed by atoms with Gasteiger partial charge in [-0.25, -0.2) is 0 Å². The number of thiophene rings is 1. The van der Waals surface area contributed by atoms with Gasteiger partial charge in [-0.15, -0.1) is 11.3 Å². The van der Waals surface area contributed by atoms with E-state index in [-0.39, 0.29) is 0 Å². The van der Waals surface area contributed by atoms with Crippen molar-refractivity contribution in [1.29, 1.82) is 0 Å². The fraction of sp³-hybridized carbons (Fsp3) is 0.545. The molecule has 0 bridgehead atoms. The van der Waals surface area contributed by atoms with E-state index in [1.54, 1.807) is 11.3 Å². The van der Waals surface area contributed by atoms with Crippen molar-refractivity contribution in [3.63, 3.8) is 0 Å². The molecule has 0 radical (unpaired) electrons. The second kappa shape index (κ2) is 4.64. The fourth-order valence-corrected chi connectivity index (χ4v) is 3.03. The lowest BCUT2D eigenvalue weighted by Gasteiger charge is -2.32. The summed E-state index contributed by atoms with van der Waals surface area (Å²) in [4.78, 5) is 14.9. The number of likely N-dealkylation sites (tertiary alicyclic amines) is 1. The van der Waals surface area contributed by atoms with Crippen LogP contribution in [0, 0.1) is 0 Å². The van der Waals surface area contributed by atoms with Gasteiger partial charge in [-0.1, -0.05) is 11.6 Å². The lowest BCUT2D eigenvalue weighted by molar-refractivity contribution is -0.123. The van der Waals surface area contributed by atoms with Crippen LogP contribution in [-0.2, 0) is 11.3 Å². The van der Waals surface area contributed by atoms with E-state index in [2.05, 4.69) is 17.9 Å². The van der Waals surface area contributed by atoms with E-state index in [1.165, 1.54) is 4.88 Å². The highest BCUT2D eigenvalue weighted by atomic mass is 35.5. The summed E-state index contributed by atoms with van der Waals surface area (Å²) < 4.78 is 0.839. The maximum Gasteiger partial charge on any atom is 0.135 e. The Morgan fingerprint density at radius 2 is 2.40 bits per heavy atom. The summed E-state index contributed by atoms with van der Waals surface area (Å²) in [5, 5.41) is 0. The highest BCUT2D eigenvalue weighted by Crippen LogP contribution is 2.25. The van der Waals surface area contributed by atoms with Crippen LogP contribution in [0.1, 0.15) is 24.6 Å². The predicted octanol–water partition coefficient (Wildman–Crippen LogP) is 2.95. The zero-order chi connectivity index (χ0) is 10.8. The Labute approximate surface area is 98.8 Å². The summed E-state index contributed by atoms with van der Waals surface area (Å²) in [6, 6.07) is 4.37. The minimum absolute atomic E-state index is 0.368. The van der Waals surface area contributed by atoms with Gasteiger partial charge in [-0.05, 0) is 19.1 Å². The molecule has 1 atom stereocenters. The molecule has 15 heavy (non-hydrogen) atoms. The van der Waals surface area contributed by atoms with Gasteiger partial charge in [0, 0.05) is 36.9 Å². The Balaban J connectivity index is 1.97. The van der Waals surface area contributed by atoms with Crippen LogP contribution in [0.15, 0.2) is 12.1 Å². The number of carbonyl (C=O) groups excluding carboxylic acids is 1. The molecule has 1 aromatic rings. The molecule has 82 valence electrons. The minimum atomic E-state index is 0.368. The van der Waals surface area contributed by atoms with Crippen molar-refractivity contribution in [2.45, 2.75) is 32.4 Å². The van der Waals surface area contributed by atoms with Crippen LogP contribution in [0.25, 0.3) is 0 Å². The van der Waals surface area contributed by atoms with Crippen molar-refractivity contribution in [3.8, 4) is 0 Å². The zero-order valence-corrected chi connectivity index (χ0v) is 10.3. The molecule has 0 N–H and O–H groups in total. The topological polar surface area (TPSA) is 20.3 Å². The van der Waals surface area contributed by atoms with Gasteiger partial charge >= 0.3 is 0 Å². The molecule has 4 heteroatoms. The second-order valence-corrected chi connectivity index (χ2v) is 5.82. The first-order chi connectivity index (χ1) is 7.15. The molecular formula is C11H14ClNOS. The van der Waals surface area contributed by atoms with Gasteiger partial charge in [0.15, 0.2) is 0 Å². The van der Waals surface area contributed by atoms with Gasteiger partial charge in [0.2, 0.25) is 0 Å². The van der Waals surface area contributed by atoms with Crippen LogP contribution in [0.2, 0.25) is 4.34 Å². The summed E-state index contributed by atoms with van der Waals surface area (Å²) in [5.74, 6) is 0.392. The average Bonchev–Trinajstić information content (AvgIpc) is 2.56. The number of hydrogen-bond acceptors (Lipinski definition) is 3. The van der Waals surface area contributed by atoms with E-state index >= 15 is 0 Å². The lowest BCUT2D eigenvalue weighted by Crippen LogP contribution is -2.40. The fourth-order valence-electron chi connectivity index (χ4n) is 1.92. The monoisotopic (exact) mass is 243 g/mol. The van der Waals surface area contributed by atoms with E-state index < -0.39 is 0 Å². The summed E-state index contributed by atoms with van der Waals surface area (Å²) in [5.41, 5.74) is 0. The zero-order valence-electron chi connectivity index (χ0n) is 8.70. The Hall–Kier alpha value is -0.380. The molecule has 0 saturated carbocycles. The third-order valence-corrected chi connectivity index (χ3v) is 4.03. The lowest BCUT2D eigenvalue weighted by atomic mass is 10.0. The summed E-state index contributed by atoms with van der Waals surface area (Å²) in [7, 11) is 0. The van der Waals surface area contributed by atoms with Crippen LogP contribution < -0.4 is 0 Å². The number of halogens is 1. The minimum Gasteiger partial charge on any atom is -0.300 e. The third-order valence-electron chi connectivity index (χ3n) is 2.81. The van der Waals surface area contributed by atoms with Crippen molar-refractivity contribution < 1.29 is 4.79 Å². The first-order valence-electron chi connectivity index (χ1n) is 5.15. The maximum absolute atomic E-state index is 11.2. The molecule has 2 rings (SSSR count). The molecule has 1 aliphatic rings. The second-order valence-electron chi connectivity index (χ2n) is 4.02. The van der Waals surface area contributed by atoms with Gasteiger partial charge in [0.1, 0.15) is 5.78 Å². The van der Waals surface area contributed by atoms with Crippen LogP contribution in [0.5, 0.6) is 0 Å². The molecule has 1 fully saturated rings. The normalized spacial score (nSPS) is 23.3. The van der Waals surface area contributed by atoms with Gasteiger partial charge in [-0.3, -0.25) is 9.69 Å². The number of piperidine rings is 1. The smallest absolute Gasteiger partial charge is 0.135 e. The predicted molar refractivity (Wildman–Crippen MR) is 63.4 cm³/mol. The average molecular weight is 244 g/mol. The van der Waals surface area contributed by atoms with E-state index in [0.29, 0.717) is 24.7 Å². The van der Waals surface area contributed by atoms with Crippen molar-refractivity contribution in [2.24, 2.45) is 0 Å². The third kappa shape index (κ3) is 2.80. The highest BCUT2D eigenvalue weighted by Gasteiger charge is 2.23. The van der Waals surface area contributed by atoms with Crippen LogP contribution in [-0.4, -0.2) is 23.3 Å². The van der Waals surface area contributed by atoms with E-state index in [9.17, 15) is 4.79 Å². The molecule has 0 spiro atoms. The Morgan fingerprint density at radius 3 is 3.00 bits per heavy atom. The largest absolute Gasteiger partial charge is 0.300 e. The molecule has 0 aromatic carbocycles. The Kier molecular flexibility index (Phi) is 3.44. The van der Waals surface area contributed by atoms with Crippen molar-refractivity contribution in [1.82, 2.24) is 4.90 Å².